The minimum absolute atomic E-state index is 0.0148. The van der Waals surface area contributed by atoms with Crippen molar-refractivity contribution in [2.45, 2.75) is 6.92 Å². The summed E-state index contributed by atoms with van der Waals surface area (Å²) < 4.78 is 3.42. The first-order valence-electron chi connectivity index (χ1n) is 9.80. The van der Waals surface area contributed by atoms with Crippen LogP contribution in [-0.2, 0) is 7.05 Å². The van der Waals surface area contributed by atoms with Crippen LogP contribution in [0.3, 0.4) is 0 Å². The smallest absolute Gasteiger partial charge is 0.278 e. The van der Waals surface area contributed by atoms with E-state index in [1.165, 1.54) is 0 Å². The number of fused-ring (bicyclic) bond motifs is 2. The van der Waals surface area contributed by atoms with Gasteiger partial charge in [0.25, 0.3) is 5.56 Å². The summed E-state index contributed by atoms with van der Waals surface area (Å²) in [5.41, 5.74) is 4.67. The lowest BCUT2D eigenvalue weighted by Crippen LogP contribution is -2.45. The number of nitrogens with zero attached hydrogens (tertiary/aromatic N) is 4. The Labute approximate surface area is 167 Å². The molecule has 0 bridgehead atoms. The van der Waals surface area contributed by atoms with E-state index in [9.17, 15) is 9.90 Å². The molecular weight excluding hydrogens is 366 g/mol. The average molecular weight is 389 g/mol. The minimum atomic E-state index is -0.0148. The van der Waals surface area contributed by atoms with Gasteiger partial charge in [-0.1, -0.05) is 0 Å². The molecule has 0 unspecified atom stereocenters. The van der Waals surface area contributed by atoms with Gasteiger partial charge in [-0.25, -0.2) is 0 Å². The standard InChI is InChI=1S/C22H23N5O2/c1-14-20-16(13-25(2)24-20)12-18(21(14)28)15-5-8-27-17(11-15)3-4-19(22(27)29)26-9-6-23-7-10-26/h3-5,8,11-13,23,28H,6-7,9-10H2,1-2H3. The Bertz CT molecular complexity index is 1300. The molecule has 0 atom stereocenters. The van der Waals surface area contributed by atoms with Crippen LogP contribution in [0.2, 0.25) is 0 Å². The highest BCUT2D eigenvalue weighted by Gasteiger charge is 2.17. The van der Waals surface area contributed by atoms with Crippen LogP contribution < -0.4 is 15.8 Å². The number of hydrogen-bond acceptors (Lipinski definition) is 5. The van der Waals surface area contributed by atoms with E-state index in [4.69, 9.17) is 0 Å². The van der Waals surface area contributed by atoms with Crippen LogP contribution in [0, 0.1) is 6.92 Å². The van der Waals surface area contributed by atoms with Gasteiger partial charge < -0.3 is 15.3 Å². The molecule has 1 fully saturated rings. The molecule has 4 aromatic rings. The van der Waals surface area contributed by atoms with E-state index in [1.807, 2.05) is 50.5 Å². The second-order valence-electron chi connectivity index (χ2n) is 7.61. The lowest BCUT2D eigenvalue weighted by Gasteiger charge is -2.28. The van der Waals surface area contributed by atoms with Crippen LogP contribution in [0.5, 0.6) is 5.75 Å². The number of piperazine rings is 1. The van der Waals surface area contributed by atoms with Gasteiger partial charge in [0.2, 0.25) is 0 Å². The van der Waals surface area contributed by atoms with E-state index >= 15 is 0 Å². The number of aromatic nitrogens is 3. The molecule has 4 heterocycles. The fourth-order valence-electron chi connectivity index (χ4n) is 4.17. The summed E-state index contributed by atoms with van der Waals surface area (Å²) in [5, 5.41) is 19.5. The molecule has 0 spiro atoms. The summed E-state index contributed by atoms with van der Waals surface area (Å²) in [6.07, 6.45) is 3.73. The molecule has 148 valence electrons. The van der Waals surface area contributed by atoms with E-state index in [2.05, 4.69) is 15.3 Å². The number of anilines is 1. The molecule has 1 aliphatic heterocycles. The van der Waals surface area contributed by atoms with Crippen LogP contribution >= 0.6 is 0 Å². The Morgan fingerprint density at radius 3 is 2.72 bits per heavy atom. The van der Waals surface area contributed by atoms with Crippen molar-refractivity contribution in [2.24, 2.45) is 7.05 Å². The number of nitrogens with one attached hydrogen (secondary N) is 1. The predicted octanol–water partition coefficient (Wildman–Crippen LogP) is 2.28. The van der Waals surface area contributed by atoms with E-state index in [1.54, 1.807) is 15.3 Å². The predicted molar refractivity (Wildman–Crippen MR) is 115 cm³/mol. The van der Waals surface area contributed by atoms with Crippen LogP contribution in [0.1, 0.15) is 5.56 Å². The van der Waals surface area contributed by atoms with Gasteiger partial charge >= 0.3 is 0 Å². The number of phenols is 1. The molecule has 0 saturated carbocycles. The number of benzene rings is 1. The van der Waals surface area contributed by atoms with Crippen LogP contribution in [0.25, 0.3) is 27.5 Å². The maximum atomic E-state index is 13.0. The second kappa shape index (κ2) is 6.63. The molecule has 0 amide bonds. The van der Waals surface area contributed by atoms with Crippen LogP contribution in [-0.4, -0.2) is 45.5 Å². The number of aromatic hydroxyl groups is 1. The van der Waals surface area contributed by atoms with Crippen molar-refractivity contribution in [3.05, 3.63) is 58.6 Å². The van der Waals surface area contributed by atoms with Gasteiger partial charge in [0.1, 0.15) is 11.4 Å². The first-order valence-corrected chi connectivity index (χ1v) is 9.80. The fraction of sp³-hybridized carbons (Fsp3) is 0.273. The van der Waals surface area contributed by atoms with Gasteiger partial charge in [-0.15, -0.1) is 0 Å². The Balaban J connectivity index is 1.63. The van der Waals surface area contributed by atoms with Gasteiger partial charge in [0, 0.05) is 67.7 Å². The van der Waals surface area contributed by atoms with Crippen molar-refractivity contribution in [3.63, 3.8) is 0 Å². The topological polar surface area (TPSA) is 74.8 Å². The molecule has 3 aromatic heterocycles. The Morgan fingerprint density at radius 1 is 1.14 bits per heavy atom. The molecule has 5 rings (SSSR count). The summed E-state index contributed by atoms with van der Waals surface area (Å²) in [4.78, 5) is 15.1. The summed E-state index contributed by atoms with van der Waals surface area (Å²) in [5.74, 6) is 0.223. The molecular formula is C22H23N5O2. The van der Waals surface area contributed by atoms with Crippen molar-refractivity contribution in [2.75, 3.05) is 31.1 Å². The SMILES string of the molecule is Cc1c(O)c(-c2ccn3c(=O)c(N4CCNCC4)ccc3c2)cc2cn(C)nc12. The first kappa shape index (κ1) is 17.8. The van der Waals surface area contributed by atoms with E-state index < -0.39 is 0 Å². The van der Waals surface area contributed by atoms with Crippen LogP contribution in [0.15, 0.2) is 47.5 Å². The quantitative estimate of drug-likeness (QED) is 0.550. The minimum Gasteiger partial charge on any atom is -0.507 e. The molecule has 2 N–H and O–H groups in total. The zero-order chi connectivity index (χ0) is 20.1. The third-order valence-corrected chi connectivity index (χ3v) is 5.73. The lowest BCUT2D eigenvalue weighted by atomic mass is 9.99. The first-order chi connectivity index (χ1) is 14.0. The molecule has 7 heteroatoms. The third-order valence-electron chi connectivity index (χ3n) is 5.73. The number of phenolic OH excluding ortho intramolecular Hbond substituents is 1. The normalized spacial score (nSPS) is 14.8. The fourth-order valence-corrected chi connectivity index (χ4v) is 4.17. The van der Waals surface area contributed by atoms with Crippen molar-refractivity contribution in [3.8, 4) is 16.9 Å². The van der Waals surface area contributed by atoms with Gasteiger partial charge in [-0.05, 0) is 42.8 Å². The Hall–Kier alpha value is -3.32. The largest absolute Gasteiger partial charge is 0.507 e. The molecule has 7 nitrogen and oxygen atoms in total. The number of hydrogen-bond donors (Lipinski definition) is 2. The van der Waals surface area contributed by atoms with Crippen molar-refractivity contribution in [1.82, 2.24) is 19.5 Å². The van der Waals surface area contributed by atoms with E-state index in [0.29, 0.717) is 0 Å². The highest BCUT2D eigenvalue weighted by molar-refractivity contribution is 5.91. The number of rotatable bonds is 2. The van der Waals surface area contributed by atoms with Gasteiger partial charge in [-0.3, -0.25) is 13.9 Å². The summed E-state index contributed by atoms with van der Waals surface area (Å²) in [6.45, 7) is 5.31. The van der Waals surface area contributed by atoms with E-state index in [0.717, 1.165) is 65.0 Å². The van der Waals surface area contributed by atoms with Gasteiger partial charge in [-0.2, -0.15) is 5.10 Å². The van der Waals surface area contributed by atoms with Crippen molar-refractivity contribution < 1.29 is 5.11 Å². The Kier molecular flexibility index (Phi) is 4.06. The van der Waals surface area contributed by atoms with Gasteiger partial charge in [0.15, 0.2) is 0 Å². The summed E-state index contributed by atoms with van der Waals surface area (Å²) in [7, 11) is 1.87. The third kappa shape index (κ3) is 2.86. The second-order valence-corrected chi connectivity index (χ2v) is 7.61. The molecule has 0 radical (unpaired) electrons. The zero-order valence-electron chi connectivity index (χ0n) is 16.5. The lowest BCUT2D eigenvalue weighted by molar-refractivity contribution is 0.474. The van der Waals surface area contributed by atoms with E-state index in [-0.39, 0.29) is 11.3 Å². The maximum absolute atomic E-state index is 13.0. The summed E-state index contributed by atoms with van der Waals surface area (Å²) >= 11 is 0. The zero-order valence-corrected chi connectivity index (χ0v) is 16.5. The molecule has 0 aliphatic carbocycles. The molecule has 1 saturated heterocycles. The summed E-state index contributed by atoms with van der Waals surface area (Å²) in [6, 6.07) is 9.65. The van der Waals surface area contributed by atoms with Crippen molar-refractivity contribution >= 4 is 22.1 Å². The number of aryl methyl sites for hydroxylation is 2. The molecule has 29 heavy (non-hydrogen) atoms. The highest BCUT2D eigenvalue weighted by Crippen LogP contribution is 2.37. The molecule has 1 aliphatic rings. The molecule has 1 aromatic carbocycles. The monoisotopic (exact) mass is 389 g/mol. The average Bonchev–Trinajstić information content (AvgIpc) is 3.12. The van der Waals surface area contributed by atoms with Crippen molar-refractivity contribution in [1.29, 1.82) is 0 Å². The number of pyridine rings is 2. The maximum Gasteiger partial charge on any atom is 0.278 e. The highest BCUT2D eigenvalue weighted by atomic mass is 16.3. The Morgan fingerprint density at radius 2 is 1.93 bits per heavy atom. The van der Waals surface area contributed by atoms with Gasteiger partial charge in [0.05, 0.1) is 5.52 Å². The van der Waals surface area contributed by atoms with Crippen LogP contribution in [0.4, 0.5) is 5.69 Å².